The molecule has 0 aromatic heterocycles. The third-order valence-corrected chi connectivity index (χ3v) is 3.59. The quantitative estimate of drug-likeness (QED) is 0.823. The molecule has 0 aromatic carbocycles. The van der Waals surface area contributed by atoms with E-state index in [-0.39, 0.29) is 12.1 Å². The highest BCUT2D eigenvalue weighted by Crippen LogP contribution is 2.19. The minimum atomic E-state index is -3.15. The summed E-state index contributed by atoms with van der Waals surface area (Å²) >= 11 is 0. The maximum Gasteiger partial charge on any atom is 0.407 e. The Morgan fingerprint density at radius 3 is 2.00 bits per heavy atom. The molecule has 112 valence electrons. The summed E-state index contributed by atoms with van der Waals surface area (Å²) in [6.07, 6.45) is 3.73. The van der Waals surface area contributed by atoms with Crippen LogP contribution in [0, 0.1) is 0 Å². The standard InChI is InChI=1S/C12H24N2O4S/c1-12(2,3)18-11(15)13-9-5-7-10(8-6-9)14-19(4,16)17/h9-10,14H,5-8H2,1-4H3,(H,13,15)/t9-,10+. The zero-order chi connectivity index (χ0) is 14.7. The molecule has 1 aliphatic carbocycles. The first-order valence-electron chi connectivity index (χ1n) is 6.52. The van der Waals surface area contributed by atoms with Gasteiger partial charge in [-0.25, -0.2) is 17.9 Å². The zero-order valence-corrected chi connectivity index (χ0v) is 12.8. The summed E-state index contributed by atoms with van der Waals surface area (Å²) in [7, 11) is -3.15. The van der Waals surface area contributed by atoms with E-state index >= 15 is 0 Å². The number of nitrogens with one attached hydrogen (secondary N) is 2. The Morgan fingerprint density at radius 1 is 1.11 bits per heavy atom. The Bertz CT molecular complexity index is 406. The van der Waals surface area contributed by atoms with Gasteiger partial charge in [-0.3, -0.25) is 0 Å². The Balaban J connectivity index is 2.33. The van der Waals surface area contributed by atoms with Crippen LogP contribution in [0.15, 0.2) is 0 Å². The van der Waals surface area contributed by atoms with Gasteiger partial charge in [0.1, 0.15) is 5.60 Å². The second kappa shape index (κ2) is 6.09. The molecule has 0 aliphatic heterocycles. The van der Waals surface area contributed by atoms with E-state index in [0.29, 0.717) is 0 Å². The number of amides is 1. The van der Waals surface area contributed by atoms with E-state index in [9.17, 15) is 13.2 Å². The van der Waals surface area contributed by atoms with Gasteiger partial charge in [0.15, 0.2) is 0 Å². The van der Waals surface area contributed by atoms with E-state index in [2.05, 4.69) is 10.0 Å². The van der Waals surface area contributed by atoms with Crippen molar-refractivity contribution >= 4 is 16.1 Å². The summed E-state index contributed by atoms with van der Waals surface area (Å²) < 4.78 is 30.0. The van der Waals surface area contributed by atoms with Crippen LogP contribution in [0.1, 0.15) is 46.5 Å². The van der Waals surface area contributed by atoms with Crippen LogP contribution in [0.4, 0.5) is 4.79 Å². The van der Waals surface area contributed by atoms with Crippen molar-refractivity contribution < 1.29 is 17.9 Å². The van der Waals surface area contributed by atoms with Crippen LogP contribution >= 0.6 is 0 Å². The van der Waals surface area contributed by atoms with Crippen LogP contribution in [-0.2, 0) is 14.8 Å². The molecule has 0 saturated heterocycles. The molecule has 2 N–H and O–H groups in total. The summed E-state index contributed by atoms with van der Waals surface area (Å²) in [5.74, 6) is 0. The van der Waals surface area contributed by atoms with Crippen molar-refractivity contribution in [3.63, 3.8) is 0 Å². The predicted molar refractivity (Wildman–Crippen MR) is 73.4 cm³/mol. The van der Waals surface area contributed by atoms with Crippen LogP contribution in [-0.4, -0.2) is 38.5 Å². The van der Waals surface area contributed by atoms with Gasteiger partial charge in [0.2, 0.25) is 10.0 Å². The van der Waals surface area contributed by atoms with Crippen LogP contribution in [0.2, 0.25) is 0 Å². The molecule has 0 bridgehead atoms. The van der Waals surface area contributed by atoms with Crippen LogP contribution in [0.25, 0.3) is 0 Å². The number of carbonyl (C=O) groups excluding carboxylic acids is 1. The fourth-order valence-corrected chi connectivity index (χ4v) is 2.97. The van der Waals surface area contributed by atoms with Crippen LogP contribution in [0.3, 0.4) is 0 Å². The molecule has 1 rings (SSSR count). The fraction of sp³-hybridized carbons (Fsp3) is 0.917. The van der Waals surface area contributed by atoms with Gasteiger partial charge in [0.25, 0.3) is 0 Å². The van der Waals surface area contributed by atoms with Crippen molar-refractivity contribution in [2.45, 2.75) is 64.1 Å². The molecular formula is C12H24N2O4S. The molecule has 6 nitrogen and oxygen atoms in total. The van der Waals surface area contributed by atoms with E-state index in [0.717, 1.165) is 31.9 Å². The molecule has 1 amide bonds. The lowest BCUT2D eigenvalue weighted by atomic mass is 9.92. The van der Waals surface area contributed by atoms with Crippen molar-refractivity contribution in [2.24, 2.45) is 0 Å². The fourth-order valence-electron chi connectivity index (χ4n) is 2.13. The highest BCUT2D eigenvalue weighted by atomic mass is 32.2. The van der Waals surface area contributed by atoms with Gasteiger partial charge in [-0.15, -0.1) is 0 Å². The molecule has 1 aliphatic rings. The Hall–Kier alpha value is -0.820. The molecule has 0 aromatic rings. The maximum atomic E-state index is 11.6. The largest absolute Gasteiger partial charge is 0.444 e. The molecular weight excluding hydrogens is 268 g/mol. The molecule has 19 heavy (non-hydrogen) atoms. The third-order valence-electron chi connectivity index (χ3n) is 2.83. The lowest BCUT2D eigenvalue weighted by Crippen LogP contribution is -2.44. The van der Waals surface area contributed by atoms with Gasteiger partial charge in [-0.05, 0) is 46.5 Å². The summed E-state index contributed by atoms with van der Waals surface area (Å²) in [5.41, 5.74) is -0.501. The van der Waals surface area contributed by atoms with Gasteiger partial charge >= 0.3 is 6.09 Å². The number of hydrogen-bond donors (Lipinski definition) is 2. The third kappa shape index (κ3) is 7.37. The summed E-state index contributed by atoms with van der Waals surface area (Å²) in [6.45, 7) is 5.46. The summed E-state index contributed by atoms with van der Waals surface area (Å²) in [6, 6.07) is 0.0409. The first-order chi connectivity index (χ1) is 8.55. The van der Waals surface area contributed by atoms with Gasteiger partial charge < -0.3 is 10.1 Å². The van der Waals surface area contributed by atoms with Gasteiger partial charge in [0, 0.05) is 12.1 Å². The lowest BCUT2D eigenvalue weighted by molar-refractivity contribution is 0.0490. The van der Waals surface area contributed by atoms with E-state index in [1.54, 1.807) is 0 Å². The van der Waals surface area contributed by atoms with E-state index in [1.807, 2.05) is 20.8 Å². The van der Waals surface area contributed by atoms with Crippen molar-refractivity contribution in [3.05, 3.63) is 0 Å². The normalized spacial score (nSPS) is 24.8. The second-order valence-corrected chi connectivity index (χ2v) is 7.86. The van der Waals surface area contributed by atoms with Gasteiger partial charge in [-0.1, -0.05) is 0 Å². The summed E-state index contributed by atoms with van der Waals surface area (Å²) in [5, 5.41) is 2.82. The van der Waals surface area contributed by atoms with Crippen molar-refractivity contribution in [1.82, 2.24) is 10.0 Å². The van der Waals surface area contributed by atoms with Crippen molar-refractivity contribution in [1.29, 1.82) is 0 Å². The number of rotatable bonds is 3. The van der Waals surface area contributed by atoms with Gasteiger partial charge in [0.05, 0.1) is 6.26 Å². The first kappa shape index (κ1) is 16.2. The number of carbonyl (C=O) groups is 1. The maximum absolute atomic E-state index is 11.6. The molecule has 0 radical (unpaired) electrons. The van der Waals surface area contributed by atoms with E-state index < -0.39 is 21.7 Å². The Kier molecular flexibility index (Phi) is 5.20. The molecule has 1 saturated carbocycles. The summed E-state index contributed by atoms with van der Waals surface area (Å²) in [4.78, 5) is 11.6. The molecule has 0 heterocycles. The minimum Gasteiger partial charge on any atom is -0.444 e. The minimum absolute atomic E-state index is 0.0216. The van der Waals surface area contributed by atoms with Crippen LogP contribution < -0.4 is 10.0 Å². The number of ether oxygens (including phenoxy) is 1. The average molecular weight is 292 g/mol. The predicted octanol–water partition coefficient (Wildman–Crippen LogP) is 1.37. The molecule has 1 fully saturated rings. The smallest absolute Gasteiger partial charge is 0.407 e. The van der Waals surface area contributed by atoms with Crippen molar-refractivity contribution in [3.8, 4) is 0 Å². The second-order valence-electron chi connectivity index (χ2n) is 6.08. The first-order valence-corrected chi connectivity index (χ1v) is 8.41. The number of alkyl carbamates (subject to hydrolysis) is 1. The van der Waals surface area contributed by atoms with Crippen LogP contribution in [0.5, 0.6) is 0 Å². The molecule has 0 unspecified atom stereocenters. The lowest BCUT2D eigenvalue weighted by Gasteiger charge is -2.30. The SMILES string of the molecule is CC(C)(C)OC(=O)N[C@H]1CC[C@@H](NS(C)(=O)=O)CC1. The topological polar surface area (TPSA) is 84.5 Å². The number of hydrogen-bond acceptors (Lipinski definition) is 4. The van der Waals surface area contributed by atoms with Gasteiger partial charge in [-0.2, -0.15) is 0 Å². The van der Waals surface area contributed by atoms with Crippen molar-refractivity contribution in [2.75, 3.05) is 6.26 Å². The zero-order valence-electron chi connectivity index (χ0n) is 12.0. The Morgan fingerprint density at radius 2 is 1.58 bits per heavy atom. The monoisotopic (exact) mass is 292 g/mol. The van der Waals surface area contributed by atoms with E-state index in [4.69, 9.17) is 4.74 Å². The number of sulfonamides is 1. The Labute approximate surface area is 115 Å². The molecule has 0 atom stereocenters. The highest BCUT2D eigenvalue weighted by molar-refractivity contribution is 7.88. The highest BCUT2D eigenvalue weighted by Gasteiger charge is 2.25. The molecule has 0 spiro atoms. The molecule has 7 heteroatoms. The average Bonchev–Trinajstić information content (AvgIpc) is 2.15. The van der Waals surface area contributed by atoms with E-state index in [1.165, 1.54) is 0 Å².